The molecule has 1 unspecified atom stereocenters. The van der Waals surface area contributed by atoms with Crippen LogP contribution in [0.4, 0.5) is 0 Å². The zero-order valence-corrected chi connectivity index (χ0v) is 5.89. The Kier molecular flexibility index (Phi) is 2.47. The molecule has 0 aromatic heterocycles. The number of ketones is 1. The Bertz CT molecular complexity index is 163. The van der Waals surface area contributed by atoms with Gasteiger partial charge in [-0.3, -0.25) is 4.79 Å². The molecule has 1 fully saturated rings. The number of carbonyl (C=O) groups excluding carboxylic acids is 1. The Morgan fingerprint density at radius 1 is 1.80 bits per heavy atom. The summed E-state index contributed by atoms with van der Waals surface area (Å²) in [6.45, 7) is 1.98. The Labute approximate surface area is 61.0 Å². The molecule has 2 nitrogen and oxygen atoms in total. The van der Waals surface area contributed by atoms with Gasteiger partial charge in [0, 0.05) is 6.42 Å². The minimum atomic E-state index is -0.0614. The summed E-state index contributed by atoms with van der Waals surface area (Å²) < 4.78 is 0. The number of carbonyl (C=O) groups is 1. The Morgan fingerprint density at radius 2 is 2.60 bits per heavy atom. The summed E-state index contributed by atoms with van der Waals surface area (Å²) in [6, 6.07) is 0. The van der Waals surface area contributed by atoms with Crippen molar-refractivity contribution in [2.75, 3.05) is 13.1 Å². The fraction of sp³-hybridized carbons (Fsp3) is 0.625. The highest BCUT2D eigenvalue weighted by Gasteiger charge is 2.16. The van der Waals surface area contributed by atoms with Gasteiger partial charge in [-0.1, -0.05) is 0 Å². The highest BCUT2D eigenvalue weighted by molar-refractivity contribution is 5.94. The lowest BCUT2D eigenvalue weighted by molar-refractivity contribution is -0.114. The van der Waals surface area contributed by atoms with Crippen LogP contribution in [0.15, 0.2) is 0 Å². The van der Waals surface area contributed by atoms with Crippen molar-refractivity contribution in [2.45, 2.75) is 12.8 Å². The number of terminal acetylenes is 1. The second kappa shape index (κ2) is 3.38. The van der Waals surface area contributed by atoms with Gasteiger partial charge in [0.2, 0.25) is 5.78 Å². The molecule has 1 rings (SSSR count). The van der Waals surface area contributed by atoms with Crippen LogP contribution in [0.5, 0.6) is 0 Å². The Hall–Kier alpha value is -0.810. The lowest BCUT2D eigenvalue weighted by Gasteiger charge is -2.01. The maximum atomic E-state index is 10.7. The topological polar surface area (TPSA) is 29.1 Å². The summed E-state index contributed by atoms with van der Waals surface area (Å²) in [5, 5.41) is 3.18. The van der Waals surface area contributed by atoms with E-state index in [2.05, 4.69) is 11.2 Å². The fourth-order valence-electron chi connectivity index (χ4n) is 1.21. The molecule has 0 aromatic carbocycles. The molecule has 0 aliphatic carbocycles. The molecule has 1 atom stereocenters. The van der Waals surface area contributed by atoms with Gasteiger partial charge in [0.1, 0.15) is 0 Å². The molecular weight excluding hydrogens is 126 g/mol. The van der Waals surface area contributed by atoms with E-state index in [0.717, 1.165) is 19.5 Å². The number of nitrogens with one attached hydrogen (secondary N) is 1. The van der Waals surface area contributed by atoms with E-state index in [0.29, 0.717) is 12.3 Å². The Balaban J connectivity index is 2.25. The summed E-state index contributed by atoms with van der Waals surface area (Å²) in [5.74, 6) is 2.55. The molecule has 1 aliphatic heterocycles. The molecule has 1 N–H and O–H groups in total. The van der Waals surface area contributed by atoms with Crippen molar-refractivity contribution in [2.24, 2.45) is 5.92 Å². The summed E-state index contributed by atoms with van der Waals surface area (Å²) in [7, 11) is 0. The van der Waals surface area contributed by atoms with Crippen LogP contribution in [0, 0.1) is 18.3 Å². The van der Waals surface area contributed by atoms with Gasteiger partial charge in [-0.15, -0.1) is 6.42 Å². The molecule has 0 radical (unpaired) electrons. The molecule has 1 aliphatic rings. The molecule has 1 saturated heterocycles. The van der Waals surface area contributed by atoms with Gasteiger partial charge in [0.25, 0.3) is 0 Å². The van der Waals surface area contributed by atoms with Crippen LogP contribution in [0.1, 0.15) is 12.8 Å². The van der Waals surface area contributed by atoms with Gasteiger partial charge < -0.3 is 5.32 Å². The second-order valence-corrected chi connectivity index (χ2v) is 2.63. The maximum Gasteiger partial charge on any atom is 0.205 e. The van der Waals surface area contributed by atoms with E-state index in [4.69, 9.17) is 6.42 Å². The normalized spacial score (nSPS) is 24.1. The third-order valence-corrected chi connectivity index (χ3v) is 1.80. The van der Waals surface area contributed by atoms with E-state index >= 15 is 0 Å². The smallest absolute Gasteiger partial charge is 0.205 e. The predicted molar refractivity (Wildman–Crippen MR) is 39.4 cm³/mol. The Morgan fingerprint density at radius 3 is 3.10 bits per heavy atom. The highest BCUT2D eigenvalue weighted by Crippen LogP contribution is 2.11. The van der Waals surface area contributed by atoms with Crippen molar-refractivity contribution in [3.05, 3.63) is 0 Å². The van der Waals surface area contributed by atoms with Crippen LogP contribution in [-0.2, 0) is 4.79 Å². The van der Waals surface area contributed by atoms with Gasteiger partial charge in [-0.2, -0.15) is 0 Å². The first-order chi connectivity index (χ1) is 4.83. The molecule has 0 bridgehead atoms. The summed E-state index contributed by atoms with van der Waals surface area (Å²) in [6.07, 6.45) is 6.58. The van der Waals surface area contributed by atoms with E-state index in [1.54, 1.807) is 0 Å². The number of hydrogen-bond acceptors (Lipinski definition) is 2. The van der Waals surface area contributed by atoms with Gasteiger partial charge in [-0.05, 0) is 31.3 Å². The molecular formula is C8H11NO. The zero-order chi connectivity index (χ0) is 7.40. The summed E-state index contributed by atoms with van der Waals surface area (Å²) in [4.78, 5) is 10.7. The van der Waals surface area contributed by atoms with Crippen molar-refractivity contribution in [3.63, 3.8) is 0 Å². The first-order valence-electron chi connectivity index (χ1n) is 3.53. The van der Waals surface area contributed by atoms with Gasteiger partial charge in [0.15, 0.2) is 0 Å². The molecule has 0 aromatic rings. The molecule has 10 heavy (non-hydrogen) atoms. The average Bonchev–Trinajstić information content (AvgIpc) is 2.40. The maximum absolute atomic E-state index is 10.7. The van der Waals surface area contributed by atoms with Crippen LogP contribution >= 0.6 is 0 Å². The standard InChI is InChI=1S/C8H11NO/c1-2-8(10)5-7-3-4-9-6-7/h1,7,9H,3-6H2. The quantitative estimate of drug-likeness (QED) is 0.435. The highest BCUT2D eigenvalue weighted by atomic mass is 16.1. The van der Waals surface area contributed by atoms with Gasteiger partial charge in [-0.25, -0.2) is 0 Å². The lowest BCUT2D eigenvalue weighted by atomic mass is 10.0. The molecule has 0 spiro atoms. The van der Waals surface area contributed by atoms with E-state index in [1.165, 1.54) is 0 Å². The van der Waals surface area contributed by atoms with E-state index in [1.807, 2.05) is 0 Å². The van der Waals surface area contributed by atoms with Gasteiger partial charge in [0.05, 0.1) is 0 Å². The summed E-state index contributed by atoms with van der Waals surface area (Å²) >= 11 is 0. The lowest BCUT2D eigenvalue weighted by Crippen LogP contribution is -2.11. The minimum absolute atomic E-state index is 0.0614. The van der Waals surface area contributed by atoms with Crippen LogP contribution in [0.3, 0.4) is 0 Å². The third kappa shape index (κ3) is 1.85. The second-order valence-electron chi connectivity index (χ2n) is 2.63. The van der Waals surface area contributed by atoms with Crippen LogP contribution < -0.4 is 5.32 Å². The van der Waals surface area contributed by atoms with Crippen molar-refractivity contribution in [1.82, 2.24) is 5.32 Å². The first kappa shape index (κ1) is 7.30. The SMILES string of the molecule is C#CC(=O)CC1CCNC1. The number of Topliss-reactive ketones (excluding diaryl/α,β-unsaturated/α-hetero) is 1. The monoisotopic (exact) mass is 137 g/mol. The fourth-order valence-corrected chi connectivity index (χ4v) is 1.21. The summed E-state index contributed by atoms with van der Waals surface area (Å²) in [5.41, 5.74) is 0. The van der Waals surface area contributed by atoms with E-state index in [9.17, 15) is 4.79 Å². The zero-order valence-electron chi connectivity index (χ0n) is 5.89. The largest absolute Gasteiger partial charge is 0.316 e. The van der Waals surface area contributed by atoms with Gasteiger partial charge >= 0.3 is 0 Å². The average molecular weight is 137 g/mol. The van der Waals surface area contributed by atoms with Crippen LogP contribution in [0.2, 0.25) is 0 Å². The predicted octanol–water partition coefficient (Wildman–Crippen LogP) is 0.188. The third-order valence-electron chi connectivity index (χ3n) is 1.80. The van der Waals surface area contributed by atoms with E-state index < -0.39 is 0 Å². The molecule has 0 saturated carbocycles. The van der Waals surface area contributed by atoms with E-state index in [-0.39, 0.29) is 5.78 Å². The van der Waals surface area contributed by atoms with Crippen molar-refractivity contribution in [3.8, 4) is 12.3 Å². The van der Waals surface area contributed by atoms with Crippen LogP contribution in [0.25, 0.3) is 0 Å². The van der Waals surface area contributed by atoms with Crippen LogP contribution in [-0.4, -0.2) is 18.9 Å². The van der Waals surface area contributed by atoms with Crippen molar-refractivity contribution >= 4 is 5.78 Å². The first-order valence-corrected chi connectivity index (χ1v) is 3.53. The number of hydrogen-bond donors (Lipinski definition) is 1. The molecule has 54 valence electrons. The molecule has 2 heteroatoms. The van der Waals surface area contributed by atoms with Crippen molar-refractivity contribution in [1.29, 1.82) is 0 Å². The number of rotatable bonds is 2. The van der Waals surface area contributed by atoms with Crippen molar-refractivity contribution < 1.29 is 4.79 Å². The molecule has 0 amide bonds. The minimum Gasteiger partial charge on any atom is -0.316 e. The molecule has 1 heterocycles.